The van der Waals surface area contributed by atoms with Gasteiger partial charge in [0, 0.05) is 24.5 Å². The number of anilines is 1. The summed E-state index contributed by atoms with van der Waals surface area (Å²) in [5.41, 5.74) is 3.04. The zero-order valence-corrected chi connectivity index (χ0v) is 13.3. The average molecular weight is 329 g/mol. The molecule has 6 nitrogen and oxygen atoms in total. The van der Waals surface area contributed by atoms with Gasteiger partial charge in [0.1, 0.15) is 11.5 Å². The van der Waals surface area contributed by atoms with E-state index in [1.165, 1.54) is 0 Å². The molecule has 4 rings (SSSR count). The monoisotopic (exact) mass is 329 g/mol. The molecule has 0 atom stereocenters. The van der Waals surface area contributed by atoms with E-state index in [0.717, 1.165) is 22.7 Å². The summed E-state index contributed by atoms with van der Waals surface area (Å²) in [5.74, 6) is 0.651. The van der Waals surface area contributed by atoms with Crippen LogP contribution in [0.4, 0.5) is 5.69 Å². The van der Waals surface area contributed by atoms with Gasteiger partial charge in [-0.25, -0.2) is 0 Å². The highest BCUT2D eigenvalue weighted by molar-refractivity contribution is 6.02. The van der Waals surface area contributed by atoms with Crippen molar-refractivity contribution < 1.29 is 4.79 Å². The third-order valence-electron chi connectivity index (χ3n) is 3.86. The molecule has 1 N–H and O–H groups in total. The first-order valence-corrected chi connectivity index (χ1v) is 7.89. The second-order valence-corrected chi connectivity index (χ2v) is 5.59. The van der Waals surface area contributed by atoms with Crippen LogP contribution in [-0.2, 0) is 6.42 Å². The molecule has 0 saturated heterocycles. The number of nitrogens with zero attached hydrogens (tertiary/aromatic N) is 4. The fraction of sp³-hybridized carbons (Fsp3) is 0.0526. The molecule has 1 aromatic carbocycles. The number of aromatic nitrogens is 4. The Morgan fingerprint density at radius 1 is 0.960 bits per heavy atom. The number of benzene rings is 1. The smallest absolute Gasteiger partial charge is 0.274 e. The maximum absolute atomic E-state index is 12.1. The lowest BCUT2D eigenvalue weighted by Gasteiger charge is -2.06. The lowest BCUT2D eigenvalue weighted by Crippen LogP contribution is -2.13. The van der Waals surface area contributed by atoms with Gasteiger partial charge in [-0.05, 0) is 42.0 Å². The summed E-state index contributed by atoms with van der Waals surface area (Å²) in [4.78, 5) is 16.1. The molecule has 0 aliphatic heterocycles. The van der Waals surface area contributed by atoms with Gasteiger partial charge in [-0.15, -0.1) is 10.2 Å². The third-order valence-corrected chi connectivity index (χ3v) is 3.86. The Kier molecular flexibility index (Phi) is 3.92. The van der Waals surface area contributed by atoms with Crippen LogP contribution in [-0.4, -0.2) is 25.5 Å². The minimum absolute atomic E-state index is 0.225. The van der Waals surface area contributed by atoms with Crippen molar-refractivity contribution in [3.05, 3.63) is 90.1 Å². The third kappa shape index (κ3) is 3.23. The van der Waals surface area contributed by atoms with Crippen LogP contribution in [0.1, 0.15) is 21.9 Å². The fourth-order valence-electron chi connectivity index (χ4n) is 2.59. The zero-order chi connectivity index (χ0) is 17.1. The summed E-state index contributed by atoms with van der Waals surface area (Å²) in [6.45, 7) is 0. The standard InChI is InChI=1S/C19H15N5O/c25-19(16-5-1-3-11-20-16)21-15-9-7-14(8-10-15)13-18-23-22-17-6-2-4-12-24(17)18/h1-12H,13H2,(H,21,25). The van der Waals surface area contributed by atoms with Gasteiger partial charge < -0.3 is 5.32 Å². The topological polar surface area (TPSA) is 72.2 Å². The Morgan fingerprint density at radius 3 is 2.60 bits per heavy atom. The summed E-state index contributed by atoms with van der Waals surface area (Å²) in [6, 6.07) is 18.7. The van der Waals surface area contributed by atoms with E-state index in [1.54, 1.807) is 24.4 Å². The highest BCUT2D eigenvalue weighted by Gasteiger charge is 2.08. The molecule has 122 valence electrons. The van der Waals surface area contributed by atoms with Gasteiger partial charge in [0.25, 0.3) is 5.91 Å². The average Bonchev–Trinajstić information content (AvgIpc) is 3.07. The van der Waals surface area contributed by atoms with Crippen LogP contribution in [0, 0.1) is 0 Å². The molecule has 0 bridgehead atoms. The van der Waals surface area contributed by atoms with Gasteiger partial charge in [0.15, 0.2) is 5.65 Å². The zero-order valence-electron chi connectivity index (χ0n) is 13.3. The van der Waals surface area contributed by atoms with Crippen molar-refractivity contribution in [3.8, 4) is 0 Å². The van der Waals surface area contributed by atoms with Gasteiger partial charge in [-0.3, -0.25) is 14.2 Å². The number of amides is 1. The molecule has 3 heterocycles. The Morgan fingerprint density at radius 2 is 1.80 bits per heavy atom. The number of rotatable bonds is 4. The van der Waals surface area contributed by atoms with Crippen molar-refractivity contribution in [2.45, 2.75) is 6.42 Å². The van der Waals surface area contributed by atoms with E-state index in [1.807, 2.05) is 53.1 Å². The second-order valence-electron chi connectivity index (χ2n) is 5.59. The number of pyridine rings is 2. The fourth-order valence-corrected chi connectivity index (χ4v) is 2.59. The molecule has 0 aliphatic carbocycles. The quantitative estimate of drug-likeness (QED) is 0.625. The number of fused-ring (bicyclic) bond motifs is 1. The largest absolute Gasteiger partial charge is 0.321 e. The Bertz CT molecular complexity index is 1010. The first-order valence-electron chi connectivity index (χ1n) is 7.89. The SMILES string of the molecule is O=C(Nc1ccc(Cc2nnc3ccccn23)cc1)c1ccccn1. The van der Waals surface area contributed by atoms with Crippen LogP contribution < -0.4 is 5.32 Å². The molecule has 0 aliphatic rings. The minimum atomic E-state index is -0.225. The first-order chi connectivity index (χ1) is 12.3. The van der Waals surface area contributed by atoms with Gasteiger partial charge in [0.05, 0.1) is 0 Å². The normalized spacial score (nSPS) is 10.7. The molecule has 3 aromatic heterocycles. The van der Waals surface area contributed by atoms with Crippen molar-refractivity contribution in [3.63, 3.8) is 0 Å². The summed E-state index contributed by atoms with van der Waals surface area (Å²) in [5, 5.41) is 11.2. The number of hydrogen-bond acceptors (Lipinski definition) is 4. The van der Waals surface area contributed by atoms with Crippen LogP contribution in [0.5, 0.6) is 0 Å². The molecule has 0 saturated carbocycles. The molecule has 0 fully saturated rings. The van der Waals surface area contributed by atoms with Crippen molar-refractivity contribution in [2.24, 2.45) is 0 Å². The van der Waals surface area contributed by atoms with Crippen molar-refractivity contribution in [1.29, 1.82) is 0 Å². The highest BCUT2D eigenvalue weighted by Crippen LogP contribution is 2.14. The van der Waals surface area contributed by atoms with E-state index in [-0.39, 0.29) is 5.91 Å². The molecular formula is C19H15N5O. The van der Waals surface area contributed by atoms with Gasteiger partial charge in [-0.2, -0.15) is 0 Å². The Hall–Kier alpha value is -3.54. The van der Waals surface area contributed by atoms with E-state index < -0.39 is 0 Å². The van der Waals surface area contributed by atoms with E-state index in [4.69, 9.17) is 0 Å². The summed E-state index contributed by atoms with van der Waals surface area (Å²) in [6.07, 6.45) is 4.21. The molecule has 0 unspecified atom stereocenters. The predicted molar refractivity (Wildman–Crippen MR) is 94.4 cm³/mol. The minimum Gasteiger partial charge on any atom is -0.321 e. The summed E-state index contributed by atoms with van der Waals surface area (Å²) >= 11 is 0. The molecule has 6 heteroatoms. The van der Waals surface area contributed by atoms with Crippen LogP contribution in [0.25, 0.3) is 5.65 Å². The van der Waals surface area contributed by atoms with E-state index >= 15 is 0 Å². The summed E-state index contributed by atoms with van der Waals surface area (Å²) in [7, 11) is 0. The lowest BCUT2D eigenvalue weighted by molar-refractivity contribution is 0.102. The number of carbonyl (C=O) groups excluding carboxylic acids is 1. The maximum atomic E-state index is 12.1. The Labute approximate surface area is 144 Å². The number of nitrogens with one attached hydrogen (secondary N) is 1. The van der Waals surface area contributed by atoms with Gasteiger partial charge in [0.2, 0.25) is 0 Å². The molecular weight excluding hydrogens is 314 g/mol. The first kappa shape index (κ1) is 15.0. The van der Waals surface area contributed by atoms with Crippen molar-refractivity contribution in [1.82, 2.24) is 19.6 Å². The molecule has 0 spiro atoms. The predicted octanol–water partition coefficient (Wildman–Crippen LogP) is 2.97. The lowest BCUT2D eigenvalue weighted by atomic mass is 10.1. The van der Waals surface area contributed by atoms with Crippen LogP contribution in [0.2, 0.25) is 0 Å². The van der Waals surface area contributed by atoms with Crippen LogP contribution >= 0.6 is 0 Å². The van der Waals surface area contributed by atoms with E-state index in [0.29, 0.717) is 12.1 Å². The molecule has 1 amide bonds. The van der Waals surface area contributed by atoms with Gasteiger partial charge >= 0.3 is 0 Å². The molecule has 4 aromatic rings. The van der Waals surface area contributed by atoms with E-state index in [2.05, 4.69) is 20.5 Å². The highest BCUT2D eigenvalue weighted by atomic mass is 16.1. The van der Waals surface area contributed by atoms with Crippen LogP contribution in [0.3, 0.4) is 0 Å². The van der Waals surface area contributed by atoms with Gasteiger partial charge in [-0.1, -0.05) is 24.3 Å². The van der Waals surface area contributed by atoms with Crippen molar-refractivity contribution in [2.75, 3.05) is 5.32 Å². The Balaban J connectivity index is 1.48. The van der Waals surface area contributed by atoms with Crippen LogP contribution in [0.15, 0.2) is 73.1 Å². The second kappa shape index (κ2) is 6.52. The number of hydrogen-bond donors (Lipinski definition) is 1. The maximum Gasteiger partial charge on any atom is 0.274 e. The van der Waals surface area contributed by atoms with Crippen molar-refractivity contribution >= 4 is 17.2 Å². The van der Waals surface area contributed by atoms with E-state index in [9.17, 15) is 4.79 Å². The molecule has 25 heavy (non-hydrogen) atoms. The summed E-state index contributed by atoms with van der Waals surface area (Å²) < 4.78 is 1.97. The number of carbonyl (C=O) groups is 1. The molecule has 0 radical (unpaired) electrons.